The summed E-state index contributed by atoms with van der Waals surface area (Å²) in [4.78, 5) is 27.9. The summed E-state index contributed by atoms with van der Waals surface area (Å²) in [5, 5.41) is 5.92. The van der Waals surface area contributed by atoms with Gasteiger partial charge in [0.15, 0.2) is 5.13 Å². The fraction of sp³-hybridized carbons (Fsp3) is 0.188. The van der Waals surface area contributed by atoms with Gasteiger partial charge in [-0.05, 0) is 24.6 Å². The van der Waals surface area contributed by atoms with Crippen LogP contribution in [0.25, 0.3) is 21.3 Å². The molecule has 0 fully saturated rings. The second-order valence-electron chi connectivity index (χ2n) is 5.02. The molecule has 0 bridgehead atoms. The van der Waals surface area contributed by atoms with Crippen LogP contribution in [0.1, 0.15) is 6.92 Å². The van der Waals surface area contributed by atoms with Crippen molar-refractivity contribution in [3.8, 4) is 11.1 Å². The number of benzene rings is 1. The van der Waals surface area contributed by atoms with Gasteiger partial charge in [0, 0.05) is 31.4 Å². The lowest BCUT2D eigenvalue weighted by Crippen LogP contribution is -2.28. The highest BCUT2D eigenvalue weighted by Crippen LogP contribution is 2.34. The van der Waals surface area contributed by atoms with E-state index in [0.29, 0.717) is 11.7 Å². The molecule has 2 amide bonds. The quantitative estimate of drug-likeness (QED) is 0.776. The summed E-state index contributed by atoms with van der Waals surface area (Å²) >= 11 is 1.39. The van der Waals surface area contributed by atoms with Crippen molar-refractivity contribution in [2.75, 3.05) is 11.9 Å². The standard InChI is InChI=1S/C16H16N4O2S/c1-3-17-15(22)19-16-18-12-6-4-5-11(14(12)23-16)10-7-8-20(2)13(21)9-10/h4-9H,3H2,1-2H3,(H2,17,18,19,22). The molecular formula is C16H16N4O2S. The predicted octanol–water partition coefficient (Wildman–Crippen LogP) is 2.80. The fourth-order valence-electron chi connectivity index (χ4n) is 2.25. The molecule has 0 aliphatic rings. The Morgan fingerprint density at radius 2 is 2.17 bits per heavy atom. The van der Waals surface area contributed by atoms with Gasteiger partial charge in [0.2, 0.25) is 0 Å². The van der Waals surface area contributed by atoms with Crippen LogP contribution in [0.3, 0.4) is 0 Å². The third kappa shape index (κ3) is 3.09. The number of fused-ring (bicyclic) bond motifs is 1. The van der Waals surface area contributed by atoms with Gasteiger partial charge in [0.05, 0.1) is 10.2 Å². The third-order valence-corrected chi connectivity index (χ3v) is 4.41. The zero-order valence-corrected chi connectivity index (χ0v) is 13.6. The molecule has 118 valence electrons. The van der Waals surface area contributed by atoms with Crippen LogP contribution in [0.5, 0.6) is 0 Å². The van der Waals surface area contributed by atoms with Crippen LogP contribution in [0.4, 0.5) is 9.93 Å². The number of hydrogen-bond donors (Lipinski definition) is 2. The average molecular weight is 328 g/mol. The first-order chi connectivity index (χ1) is 11.1. The molecule has 3 aromatic rings. The van der Waals surface area contributed by atoms with Crippen LogP contribution < -0.4 is 16.2 Å². The number of thiazole rings is 1. The Morgan fingerprint density at radius 3 is 2.91 bits per heavy atom. The van der Waals surface area contributed by atoms with E-state index in [2.05, 4.69) is 15.6 Å². The molecule has 3 rings (SSSR count). The van der Waals surface area contributed by atoms with Gasteiger partial charge in [-0.1, -0.05) is 23.5 Å². The minimum atomic E-state index is -0.276. The summed E-state index contributed by atoms with van der Waals surface area (Å²) in [6, 6.07) is 8.95. The lowest BCUT2D eigenvalue weighted by Gasteiger charge is -2.03. The molecule has 0 saturated carbocycles. The number of rotatable bonds is 3. The third-order valence-electron chi connectivity index (χ3n) is 3.39. The van der Waals surface area contributed by atoms with Crippen LogP contribution in [0.15, 0.2) is 41.3 Å². The number of nitrogens with zero attached hydrogens (tertiary/aromatic N) is 2. The molecule has 0 spiro atoms. The molecule has 6 nitrogen and oxygen atoms in total. The van der Waals surface area contributed by atoms with Crippen molar-refractivity contribution in [3.63, 3.8) is 0 Å². The summed E-state index contributed by atoms with van der Waals surface area (Å²) in [6.45, 7) is 2.40. The van der Waals surface area contributed by atoms with Crippen LogP contribution in [-0.4, -0.2) is 22.1 Å². The van der Waals surface area contributed by atoms with E-state index in [1.54, 1.807) is 19.3 Å². The van der Waals surface area contributed by atoms with E-state index in [1.807, 2.05) is 31.2 Å². The van der Waals surface area contributed by atoms with E-state index < -0.39 is 0 Å². The Morgan fingerprint density at radius 1 is 1.35 bits per heavy atom. The van der Waals surface area contributed by atoms with E-state index in [4.69, 9.17) is 0 Å². The molecule has 0 unspecified atom stereocenters. The smallest absolute Gasteiger partial charge is 0.321 e. The molecular weight excluding hydrogens is 312 g/mol. The maximum Gasteiger partial charge on any atom is 0.321 e. The molecule has 23 heavy (non-hydrogen) atoms. The summed E-state index contributed by atoms with van der Waals surface area (Å²) in [7, 11) is 1.72. The van der Waals surface area contributed by atoms with Crippen molar-refractivity contribution in [1.82, 2.24) is 14.9 Å². The summed E-state index contributed by atoms with van der Waals surface area (Å²) < 4.78 is 2.46. The van der Waals surface area contributed by atoms with Gasteiger partial charge in [-0.3, -0.25) is 10.1 Å². The summed E-state index contributed by atoms with van der Waals surface area (Å²) in [5.41, 5.74) is 2.50. The van der Waals surface area contributed by atoms with Crippen LogP contribution in [0, 0.1) is 0 Å². The van der Waals surface area contributed by atoms with Crippen molar-refractivity contribution in [2.24, 2.45) is 7.05 Å². The number of pyridine rings is 1. The summed E-state index contributed by atoms with van der Waals surface area (Å²) in [6.07, 6.45) is 1.74. The lowest BCUT2D eigenvalue weighted by molar-refractivity contribution is 0.252. The highest BCUT2D eigenvalue weighted by Gasteiger charge is 2.11. The second kappa shape index (κ2) is 6.21. The Kier molecular flexibility index (Phi) is 4.12. The Bertz CT molecular complexity index is 929. The number of urea groups is 1. The van der Waals surface area contributed by atoms with E-state index in [1.165, 1.54) is 15.9 Å². The molecule has 2 N–H and O–H groups in total. The maximum absolute atomic E-state index is 11.9. The van der Waals surface area contributed by atoms with Crippen LogP contribution in [0.2, 0.25) is 0 Å². The first kappa shape index (κ1) is 15.2. The van der Waals surface area contributed by atoms with E-state index >= 15 is 0 Å². The number of aryl methyl sites for hydroxylation is 1. The fourth-order valence-corrected chi connectivity index (χ4v) is 3.24. The minimum Gasteiger partial charge on any atom is -0.338 e. The SMILES string of the molecule is CCNC(=O)Nc1nc2cccc(-c3ccn(C)c(=O)c3)c2s1. The molecule has 2 aromatic heterocycles. The van der Waals surface area contributed by atoms with Crippen molar-refractivity contribution in [2.45, 2.75) is 6.92 Å². The van der Waals surface area contributed by atoms with Crippen LogP contribution in [-0.2, 0) is 7.05 Å². The Hall–Kier alpha value is -2.67. The first-order valence-electron chi connectivity index (χ1n) is 7.20. The minimum absolute atomic E-state index is 0.0651. The highest BCUT2D eigenvalue weighted by atomic mass is 32.1. The van der Waals surface area contributed by atoms with Gasteiger partial charge < -0.3 is 9.88 Å². The lowest BCUT2D eigenvalue weighted by atomic mass is 10.1. The number of nitrogens with one attached hydrogen (secondary N) is 2. The van der Waals surface area contributed by atoms with Crippen molar-refractivity contribution >= 4 is 32.7 Å². The zero-order valence-electron chi connectivity index (χ0n) is 12.8. The van der Waals surface area contributed by atoms with Gasteiger partial charge in [0.25, 0.3) is 5.56 Å². The van der Waals surface area contributed by atoms with Gasteiger partial charge in [-0.15, -0.1) is 0 Å². The Labute approximate surface area is 136 Å². The van der Waals surface area contributed by atoms with Crippen molar-refractivity contribution in [3.05, 3.63) is 46.9 Å². The van der Waals surface area contributed by atoms with Gasteiger partial charge >= 0.3 is 6.03 Å². The monoisotopic (exact) mass is 328 g/mol. The molecule has 0 radical (unpaired) electrons. The average Bonchev–Trinajstić information content (AvgIpc) is 2.92. The van der Waals surface area contributed by atoms with E-state index in [-0.39, 0.29) is 11.6 Å². The second-order valence-corrected chi connectivity index (χ2v) is 6.02. The maximum atomic E-state index is 11.9. The number of carbonyl (C=O) groups excluding carboxylic acids is 1. The van der Waals surface area contributed by atoms with Gasteiger partial charge in [-0.2, -0.15) is 0 Å². The molecule has 0 aliphatic heterocycles. The molecule has 7 heteroatoms. The highest BCUT2D eigenvalue weighted by molar-refractivity contribution is 7.22. The number of anilines is 1. The molecule has 0 aliphatic carbocycles. The molecule has 0 atom stereocenters. The summed E-state index contributed by atoms with van der Waals surface area (Å²) in [5.74, 6) is 0. The largest absolute Gasteiger partial charge is 0.338 e. The van der Waals surface area contributed by atoms with E-state index in [0.717, 1.165) is 21.3 Å². The Balaban J connectivity index is 2.04. The zero-order chi connectivity index (χ0) is 16.4. The van der Waals surface area contributed by atoms with E-state index in [9.17, 15) is 9.59 Å². The first-order valence-corrected chi connectivity index (χ1v) is 8.01. The number of hydrogen-bond acceptors (Lipinski definition) is 4. The molecule has 0 saturated heterocycles. The number of amides is 2. The molecule has 2 heterocycles. The number of carbonyl (C=O) groups is 1. The predicted molar refractivity (Wildman–Crippen MR) is 93.0 cm³/mol. The van der Waals surface area contributed by atoms with Crippen molar-refractivity contribution < 1.29 is 4.79 Å². The van der Waals surface area contributed by atoms with Gasteiger partial charge in [0.1, 0.15) is 0 Å². The van der Waals surface area contributed by atoms with Gasteiger partial charge in [-0.25, -0.2) is 9.78 Å². The molecule has 1 aromatic carbocycles. The number of aromatic nitrogens is 2. The topological polar surface area (TPSA) is 76.0 Å². The van der Waals surface area contributed by atoms with Crippen LogP contribution >= 0.6 is 11.3 Å². The normalized spacial score (nSPS) is 10.7. The van der Waals surface area contributed by atoms with Crippen molar-refractivity contribution in [1.29, 1.82) is 0 Å².